The number of nitrogens with zero attached hydrogens (tertiary/aromatic N) is 1. The van der Waals surface area contributed by atoms with E-state index in [1.165, 1.54) is 6.20 Å². The highest BCUT2D eigenvalue weighted by atomic mass is 32.2. The number of nitrogen functional groups attached to an aromatic ring is 1. The van der Waals surface area contributed by atoms with E-state index in [1.807, 2.05) is 0 Å². The Morgan fingerprint density at radius 3 is 2.35 bits per heavy atom. The van der Waals surface area contributed by atoms with Gasteiger partial charge in [-0.3, -0.25) is 4.72 Å². The predicted octanol–water partition coefficient (Wildman–Crippen LogP) is 2.39. The largest absolute Gasteiger partial charge is 0.397 e. The molecule has 0 atom stereocenters. The van der Waals surface area contributed by atoms with Crippen molar-refractivity contribution >= 4 is 21.5 Å². The van der Waals surface area contributed by atoms with Crippen molar-refractivity contribution in [1.29, 1.82) is 0 Å². The molecule has 0 saturated heterocycles. The van der Waals surface area contributed by atoms with Crippen LogP contribution < -0.4 is 10.5 Å². The number of benzene rings is 1. The fraction of sp³-hybridized carbons (Fsp3) is 0.214. The van der Waals surface area contributed by atoms with Crippen LogP contribution in [0.3, 0.4) is 0 Å². The quantitative estimate of drug-likeness (QED) is 0.850. The molecule has 2 aromatic rings. The molecule has 0 saturated carbocycles. The average molecular weight is 291 g/mol. The minimum absolute atomic E-state index is 0.113. The Labute approximate surface area is 118 Å². The molecule has 1 aromatic carbocycles. The van der Waals surface area contributed by atoms with Gasteiger partial charge in [-0.1, -0.05) is 18.2 Å². The second-order valence-electron chi connectivity index (χ2n) is 4.72. The van der Waals surface area contributed by atoms with Gasteiger partial charge in [-0.15, -0.1) is 0 Å². The molecule has 2 rings (SSSR count). The highest BCUT2D eigenvalue weighted by Gasteiger charge is 2.22. The molecule has 0 radical (unpaired) electrons. The number of aryl methyl sites for hydroxylation is 3. The zero-order valence-electron chi connectivity index (χ0n) is 11.6. The molecule has 0 spiro atoms. The maximum absolute atomic E-state index is 12.5. The molecule has 1 aromatic heterocycles. The van der Waals surface area contributed by atoms with Gasteiger partial charge in [0.1, 0.15) is 10.7 Å². The van der Waals surface area contributed by atoms with E-state index in [1.54, 1.807) is 45.0 Å². The summed E-state index contributed by atoms with van der Waals surface area (Å²) in [5, 5.41) is 0. The maximum Gasteiger partial charge on any atom is 0.265 e. The van der Waals surface area contributed by atoms with Crippen LogP contribution in [0.5, 0.6) is 0 Å². The molecule has 6 heteroatoms. The van der Waals surface area contributed by atoms with E-state index in [2.05, 4.69) is 9.71 Å². The van der Waals surface area contributed by atoms with Gasteiger partial charge in [0.25, 0.3) is 10.0 Å². The molecule has 0 aliphatic carbocycles. The highest BCUT2D eigenvalue weighted by molar-refractivity contribution is 7.93. The molecule has 0 fully saturated rings. The van der Waals surface area contributed by atoms with Gasteiger partial charge in [-0.05, 0) is 43.5 Å². The summed E-state index contributed by atoms with van der Waals surface area (Å²) in [4.78, 5) is 4.15. The van der Waals surface area contributed by atoms with Crippen LogP contribution in [0.4, 0.5) is 11.5 Å². The van der Waals surface area contributed by atoms with Gasteiger partial charge >= 0.3 is 0 Å². The zero-order chi connectivity index (χ0) is 14.9. The molecule has 0 aliphatic rings. The summed E-state index contributed by atoms with van der Waals surface area (Å²) in [5.74, 6) is 0.313. The van der Waals surface area contributed by atoms with Crippen LogP contribution in [0.25, 0.3) is 0 Å². The Balaban J connectivity index is 2.52. The number of rotatable bonds is 3. The van der Waals surface area contributed by atoms with Gasteiger partial charge in [0, 0.05) is 6.20 Å². The van der Waals surface area contributed by atoms with E-state index in [9.17, 15) is 8.42 Å². The van der Waals surface area contributed by atoms with E-state index >= 15 is 0 Å². The molecular formula is C14H17N3O2S. The fourth-order valence-corrected chi connectivity index (χ4v) is 3.45. The summed E-state index contributed by atoms with van der Waals surface area (Å²) in [7, 11) is -3.76. The second-order valence-corrected chi connectivity index (χ2v) is 6.34. The molecule has 0 unspecified atom stereocenters. The van der Waals surface area contributed by atoms with Crippen molar-refractivity contribution in [1.82, 2.24) is 4.98 Å². The number of nitrogens with one attached hydrogen (secondary N) is 1. The lowest BCUT2D eigenvalue weighted by molar-refractivity contribution is 0.600. The van der Waals surface area contributed by atoms with Crippen molar-refractivity contribution in [3.63, 3.8) is 0 Å². The van der Waals surface area contributed by atoms with Crippen LogP contribution >= 0.6 is 0 Å². The molecule has 1 heterocycles. The number of nitrogens with two attached hydrogens (primary N) is 1. The molecule has 0 bridgehead atoms. The van der Waals surface area contributed by atoms with Crippen molar-refractivity contribution < 1.29 is 8.42 Å². The van der Waals surface area contributed by atoms with Crippen LogP contribution in [0.1, 0.15) is 16.7 Å². The van der Waals surface area contributed by atoms with E-state index in [-0.39, 0.29) is 10.6 Å². The van der Waals surface area contributed by atoms with Crippen LogP contribution in [0.2, 0.25) is 0 Å². The molecule has 106 valence electrons. The minimum Gasteiger partial charge on any atom is -0.397 e. The molecule has 0 aliphatic heterocycles. The summed E-state index contributed by atoms with van der Waals surface area (Å²) >= 11 is 0. The molecule has 3 N–H and O–H groups in total. The molecule has 20 heavy (non-hydrogen) atoms. The Hall–Kier alpha value is -2.08. The summed E-state index contributed by atoms with van der Waals surface area (Å²) < 4.78 is 27.5. The SMILES string of the molecule is Cc1cccnc1NS(=O)(=O)c1c(C)ccc(C)c1N. The van der Waals surface area contributed by atoms with E-state index < -0.39 is 10.0 Å². The standard InChI is InChI=1S/C14H17N3O2S/c1-9-6-7-10(2)13(12(9)15)20(18,19)17-14-11(3)5-4-8-16-14/h4-8H,15H2,1-3H3,(H,16,17). The lowest BCUT2D eigenvalue weighted by atomic mass is 10.1. The number of pyridine rings is 1. The topological polar surface area (TPSA) is 85.1 Å². The van der Waals surface area contributed by atoms with Crippen molar-refractivity contribution in [3.8, 4) is 0 Å². The predicted molar refractivity (Wildman–Crippen MR) is 80.1 cm³/mol. The second kappa shape index (κ2) is 5.13. The molecule has 0 amide bonds. The Bertz CT molecular complexity index is 755. The monoisotopic (exact) mass is 291 g/mol. The van der Waals surface area contributed by atoms with Crippen molar-refractivity contribution in [3.05, 3.63) is 47.2 Å². The summed E-state index contributed by atoms with van der Waals surface area (Å²) in [6, 6.07) is 7.08. The van der Waals surface area contributed by atoms with Crippen molar-refractivity contribution in [2.24, 2.45) is 0 Å². The van der Waals surface area contributed by atoms with Gasteiger partial charge in [-0.25, -0.2) is 13.4 Å². The third kappa shape index (κ3) is 2.60. The van der Waals surface area contributed by atoms with Crippen molar-refractivity contribution in [2.45, 2.75) is 25.7 Å². The first-order valence-corrected chi connectivity index (χ1v) is 7.61. The normalized spacial score (nSPS) is 11.3. The summed E-state index contributed by atoms with van der Waals surface area (Å²) in [6.07, 6.45) is 1.54. The lowest BCUT2D eigenvalue weighted by Gasteiger charge is -2.14. The lowest BCUT2D eigenvalue weighted by Crippen LogP contribution is -2.18. The first-order chi connectivity index (χ1) is 9.33. The number of sulfonamides is 1. The Morgan fingerprint density at radius 2 is 1.70 bits per heavy atom. The first-order valence-electron chi connectivity index (χ1n) is 6.13. The zero-order valence-corrected chi connectivity index (χ0v) is 12.5. The summed E-state index contributed by atoms with van der Waals surface area (Å²) in [5.41, 5.74) is 8.28. The van der Waals surface area contributed by atoms with Crippen LogP contribution in [0.15, 0.2) is 35.4 Å². The highest BCUT2D eigenvalue weighted by Crippen LogP contribution is 2.27. The Kier molecular flexibility index (Phi) is 3.67. The average Bonchev–Trinajstić information content (AvgIpc) is 2.37. The third-order valence-electron chi connectivity index (χ3n) is 3.12. The van der Waals surface area contributed by atoms with E-state index in [4.69, 9.17) is 5.73 Å². The molecule has 5 nitrogen and oxygen atoms in total. The first kappa shape index (κ1) is 14.3. The van der Waals surface area contributed by atoms with E-state index in [0.717, 1.165) is 11.1 Å². The van der Waals surface area contributed by atoms with Crippen LogP contribution in [0, 0.1) is 20.8 Å². The number of hydrogen-bond donors (Lipinski definition) is 2. The molecular weight excluding hydrogens is 274 g/mol. The number of anilines is 2. The van der Waals surface area contributed by atoms with E-state index in [0.29, 0.717) is 11.4 Å². The minimum atomic E-state index is -3.76. The maximum atomic E-state index is 12.5. The number of hydrogen-bond acceptors (Lipinski definition) is 4. The Morgan fingerprint density at radius 1 is 1.05 bits per heavy atom. The van der Waals surface area contributed by atoms with Crippen molar-refractivity contribution in [2.75, 3.05) is 10.5 Å². The van der Waals surface area contributed by atoms with Gasteiger partial charge in [0.05, 0.1) is 5.69 Å². The summed E-state index contributed by atoms with van der Waals surface area (Å²) in [6.45, 7) is 5.28. The van der Waals surface area contributed by atoms with Gasteiger partial charge in [-0.2, -0.15) is 0 Å². The smallest absolute Gasteiger partial charge is 0.265 e. The third-order valence-corrected chi connectivity index (χ3v) is 4.66. The van der Waals surface area contributed by atoms with Crippen LogP contribution in [-0.2, 0) is 10.0 Å². The fourth-order valence-electron chi connectivity index (χ4n) is 1.93. The van der Waals surface area contributed by atoms with Crippen LogP contribution in [-0.4, -0.2) is 13.4 Å². The van der Waals surface area contributed by atoms with Gasteiger partial charge < -0.3 is 5.73 Å². The van der Waals surface area contributed by atoms with Gasteiger partial charge in [0.15, 0.2) is 0 Å². The van der Waals surface area contributed by atoms with Gasteiger partial charge in [0.2, 0.25) is 0 Å². The number of aromatic nitrogens is 1.